The summed E-state index contributed by atoms with van der Waals surface area (Å²) in [6, 6.07) is 9.99. The molecular weight excluding hydrogens is 372 g/mol. The zero-order chi connectivity index (χ0) is 20.4. The largest absolute Gasteiger partial charge is 0.497 e. The zero-order valence-electron chi connectivity index (χ0n) is 16.3. The van der Waals surface area contributed by atoms with Crippen LogP contribution in [0.1, 0.15) is 11.3 Å². The number of aliphatic hydroxyl groups excluding tert-OH is 1. The maximum atomic E-state index is 8.99. The first kappa shape index (κ1) is 21.7. The maximum Gasteiger partial charge on any atom is 0.134 e. The normalized spacial score (nSPS) is 11.4. The number of aromatic nitrogens is 2. The molecule has 0 saturated heterocycles. The second-order valence-corrected chi connectivity index (χ2v) is 7.08. The Morgan fingerprint density at radius 3 is 2.89 bits per heavy atom. The molecule has 2 N–H and O–H groups in total. The average molecular weight is 399 g/mol. The monoisotopic (exact) mass is 398 g/mol. The minimum absolute atomic E-state index is 0.152. The third-order valence-corrected chi connectivity index (χ3v) is 4.93. The fourth-order valence-electron chi connectivity index (χ4n) is 2.40. The van der Waals surface area contributed by atoms with Crippen molar-refractivity contribution < 1.29 is 9.84 Å². The molecule has 0 fully saturated rings. The number of hydrogen-bond donors (Lipinski definition) is 2. The van der Waals surface area contributed by atoms with Crippen LogP contribution in [0.5, 0.6) is 0 Å². The number of ether oxygens (including phenoxy) is 1. The van der Waals surface area contributed by atoms with Gasteiger partial charge >= 0.3 is 0 Å². The lowest BCUT2D eigenvalue weighted by molar-refractivity contribution is 0.273. The fourth-order valence-corrected chi connectivity index (χ4v) is 3.16. The highest BCUT2D eigenvalue weighted by molar-refractivity contribution is 7.96. The third-order valence-electron chi connectivity index (χ3n) is 3.84. The van der Waals surface area contributed by atoms with Crippen LogP contribution in [0.3, 0.4) is 0 Å². The van der Waals surface area contributed by atoms with E-state index in [9.17, 15) is 0 Å². The Balaban J connectivity index is 2.13. The number of allylic oxidation sites excluding steroid dienone is 3. The van der Waals surface area contributed by atoms with Gasteiger partial charge in [-0.15, -0.1) is 0 Å². The van der Waals surface area contributed by atoms with Crippen LogP contribution in [0, 0.1) is 0 Å². The first-order valence-electron chi connectivity index (χ1n) is 8.76. The SMILES string of the molecule is C=C/C=C(\C(=C)OC)c1cc(Nc2cccc(CSN(C)CCO)c2)ncn1. The molecular formula is C21H26N4O2S. The Bertz CT molecular complexity index is 839. The first-order chi connectivity index (χ1) is 13.6. The number of nitrogens with one attached hydrogen (secondary N) is 1. The van der Waals surface area contributed by atoms with Crippen LogP contribution in [-0.2, 0) is 10.5 Å². The van der Waals surface area contributed by atoms with Crippen molar-refractivity contribution in [1.29, 1.82) is 0 Å². The van der Waals surface area contributed by atoms with Crippen molar-refractivity contribution in [2.24, 2.45) is 0 Å². The van der Waals surface area contributed by atoms with E-state index in [4.69, 9.17) is 9.84 Å². The predicted molar refractivity (Wildman–Crippen MR) is 117 cm³/mol. The van der Waals surface area contributed by atoms with Crippen molar-refractivity contribution in [2.45, 2.75) is 5.75 Å². The summed E-state index contributed by atoms with van der Waals surface area (Å²) in [4.78, 5) is 8.62. The summed E-state index contributed by atoms with van der Waals surface area (Å²) in [5.74, 6) is 2.00. The van der Waals surface area contributed by atoms with Gasteiger partial charge in [0.2, 0.25) is 0 Å². The fraction of sp³-hybridized carbons (Fsp3) is 0.238. The summed E-state index contributed by atoms with van der Waals surface area (Å²) in [7, 11) is 3.54. The Hall–Kier alpha value is -2.61. The number of likely N-dealkylation sites (N-methyl/N-ethyl adjacent to an activating group) is 1. The van der Waals surface area contributed by atoms with Gasteiger partial charge in [-0.2, -0.15) is 0 Å². The molecule has 1 aromatic heterocycles. The molecule has 0 amide bonds. The van der Waals surface area contributed by atoms with Gasteiger partial charge < -0.3 is 15.2 Å². The van der Waals surface area contributed by atoms with Crippen LogP contribution >= 0.6 is 11.9 Å². The Kier molecular flexibility index (Phi) is 8.74. The van der Waals surface area contributed by atoms with E-state index in [0.29, 0.717) is 23.8 Å². The molecule has 0 radical (unpaired) electrons. The van der Waals surface area contributed by atoms with Crippen molar-refractivity contribution in [3.63, 3.8) is 0 Å². The Morgan fingerprint density at radius 2 is 2.18 bits per heavy atom. The highest BCUT2D eigenvalue weighted by Crippen LogP contribution is 2.24. The van der Waals surface area contributed by atoms with Crippen LogP contribution in [0.25, 0.3) is 5.57 Å². The minimum atomic E-state index is 0.152. The second kappa shape index (κ2) is 11.3. The summed E-state index contributed by atoms with van der Waals surface area (Å²) in [5.41, 5.74) is 3.56. The quantitative estimate of drug-likeness (QED) is 0.336. The number of anilines is 2. The highest BCUT2D eigenvalue weighted by atomic mass is 32.2. The van der Waals surface area contributed by atoms with Gasteiger partial charge in [0.15, 0.2) is 0 Å². The second-order valence-electron chi connectivity index (χ2n) is 5.91. The topological polar surface area (TPSA) is 70.5 Å². The molecule has 1 heterocycles. The molecule has 1 aromatic carbocycles. The molecule has 0 saturated carbocycles. The van der Waals surface area contributed by atoms with E-state index in [1.807, 2.05) is 29.6 Å². The van der Waals surface area contributed by atoms with Gasteiger partial charge in [-0.25, -0.2) is 9.97 Å². The van der Waals surface area contributed by atoms with Crippen LogP contribution < -0.4 is 5.32 Å². The van der Waals surface area contributed by atoms with Gasteiger partial charge in [0, 0.05) is 29.6 Å². The van der Waals surface area contributed by atoms with Crippen molar-refractivity contribution in [3.05, 3.63) is 79.0 Å². The molecule has 0 aliphatic heterocycles. The maximum absolute atomic E-state index is 8.99. The van der Waals surface area contributed by atoms with Gasteiger partial charge in [-0.05, 0) is 30.8 Å². The van der Waals surface area contributed by atoms with Gasteiger partial charge in [-0.1, -0.05) is 43.3 Å². The summed E-state index contributed by atoms with van der Waals surface area (Å²) in [5, 5.41) is 12.3. The zero-order valence-corrected chi connectivity index (χ0v) is 17.1. The van der Waals surface area contributed by atoms with E-state index in [-0.39, 0.29) is 6.61 Å². The van der Waals surface area contributed by atoms with Gasteiger partial charge in [0.1, 0.15) is 17.9 Å². The van der Waals surface area contributed by atoms with Gasteiger partial charge in [0.25, 0.3) is 0 Å². The molecule has 6 nitrogen and oxygen atoms in total. The number of rotatable bonds is 11. The average Bonchev–Trinajstić information content (AvgIpc) is 2.70. The van der Waals surface area contributed by atoms with E-state index in [1.54, 1.807) is 31.2 Å². The van der Waals surface area contributed by atoms with E-state index < -0.39 is 0 Å². The molecule has 0 atom stereocenters. The Morgan fingerprint density at radius 1 is 1.36 bits per heavy atom. The lowest BCUT2D eigenvalue weighted by Crippen LogP contribution is -2.14. The van der Waals surface area contributed by atoms with E-state index in [2.05, 4.69) is 40.6 Å². The molecule has 0 spiro atoms. The van der Waals surface area contributed by atoms with Crippen LogP contribution in [0.4, 0.5) is 11.5 Å². The van der Waals surface area contributed by atoms with E-state index in [0.717, 1.165) is 17.0 Å². The molecule has 7 heteroatoms. The van der Waals surface area contributed by atoms with Crippen LogP contribution in [-0.4, -0.2) is 46.7 Å². The minimum Gasteiger partial charge on any atom is -0.497 e. The van der Waals surface area contributed by atoms with Crippen molar-refractivity contribution in [3.8, 4) is 0 Å². The lowest BCUT2D eigenvalue weighted by Gasteiger charge is -2.14. The molecule has 0 unspecified atom stereocenters. The standard InChI is InChI=1S/C21H26N4O2S/c1-5-7-19(16(2)27-4)20-13-21(23-15-22-20)24-18-9-6-8-17(12-18)14-28-25(3)10-11-26/h5-9,12-13,15,26H,1-2,10-11,14H2,3-4H3,(H,22,23,24)/b19-7+. The first-order valence-corrected chi connectivity index (χ1v) is 9.71. The van der Waals surface area contributed by atoms with Crippen LogP contribution in [0.2, 0.25) is 0 Å². The van der Waals surface area contributed by atoms with Crippen molar-refractivity contribution in [1.82, 2.24) is 14.3 Å². The number of aliphatic hydroxyl groups is 1. The summed E-state index contributed by atoms with van der Waals surface area (Å²) in [6.45, 7) is 8.42. The number of nitrogens with zero attached hydrogens (tertiary/aromatic N) is 3. The molecule has 0 bridgehead atoms. The third kappa shape index (κ3) is 6.53. The molecule has 0 aliphatic rings. The van der Waals surface area contributed by atoms with E-state index in [1.165, 1.54) is 11.9 Å². The molecule has 148 valence electrons. The van der Waals surface area contributed by atoms with Crippen molar-refractivity contribution >= 4 is 29.0 Å². The number of benzene rings is 1. The number of methoxy groups -OCH3 is 1. The van der Waals surface area contributed by atoms with Gasteiger partial charge in [-0.3, -0.25) is 4.31 Å². The summed E-state index contributed by atoms with van der Waals surface area (Å²) >= 11 is 1.67. The molecule has 2 aromatic rings. The lowest BCUT2D eigenvalue weighted by atomic mass is 10.1. The highest BCUT2D eigenvalue weighted by Gasteiger charge is 2.09. The molecule has 2 rings (SSSR count). The van der Waals surface area contributed by atoms with Crippen molar-refractivity contribution in [2.75, 3.05) is 32.6 Å². The Labute approximate surface area is 170 Å². The number of hydrogen-bond acceptors (Lipinski definition) is 7. The molecule has 28 heavy (non-hydrogen) atoms. The van der Waals surface area contributed by atoms with E-state index >= 15 is 0 Å². The predicted octanol–water partition coefficient (Wildman–Crippen LogP) is 4.02. The molecule has 0 aliphatic carbocycles. The van der Waals surface area contributed by atoms with Crippen LogP contribution in [0.15, 0.2) is 67.7 Å². The summed E-state index contributed by atoms with van der Waals surface area (Å²) in [6.07, 6.45) is 4.98. The summed E-state index contributed by atoms with van der Waals surface area (Å²) < 4.78 is 7.26. The smallest absolute Gasteiger partial charge is 0.134 e. The van der Waals surface area contributed by atoms with Gasteiger partial charge in [0.05, 0.1) is 19.4 Å².